The van der Waals surface area contributed by atoms with Crippen LogP contribution in [0.15, 0.2) is 18.2 Å². The van der Waals surface area contributed by atoms with Gasteiger partial charge in [-0.05, 0) is 13.8 Å². The van der Waals surface area contributed by atoms with Gasteiger partial charge in [-0.2, -0.15) is 0 Å². The predicted octanol–water partition coefficient (Wildman–Crippen LogP) is 2.51. The minimum Gasteiger partial charge on any atom is -0.347 e. The molecule has 9 nitrogen and oxygen atoms in total. The van der Waals surface area contributed by atoms with Crippen LogP contribution >= 0.6 is 11.3 Å². The monoisotopic (exact) mass is 336 g/mol. The van der Waals surface area contributed by atoms with Crippen LogP contribution in [0.4, 0.5) is 11.4 Å². The number of aromatic nitrogens is 1. The van der Waals surface area contributed by atoms with Crippen LogP contribution in [0.1, 0.15) is 25.9 Å². The third-order valence-electron chi connectivity index (χ3n) is 3.00. The molecule has 1 heterocycles. The van der Waals surface area contributed by atoms with Crippen LogP contribution in [-0.2, 0) is 6.54 Å². The van der Waals surface area contributed by atoms with E-state index in [1.54, 1.807) is 0 Å². The van der Waals surface area contributed by atoms with Gasteiger partial charge in [-0.15, -0.1) is 11.3 Å². The van der Waals surface area contributed by atoms with Crippen molar-refractivity contribution in [2.75, 3.05) is 0 Å². The Morgan fingerprint density at radius 3 is 2.17 bits per heavy atom. The number of amides is 1. The molecular weight excluding hydrogens is 324 g/mol. The molecule has 0 aliphatic heterocycles. The molecule has 2 aromatic rings. The van der Waals surface area contributed by atoms with E-state index in [4.69, 9.17) is 0 Å². The predicted molar refractivity (Wildman–Crippen MR) is 82.5 cm³/mol. The summed E-state index contributed by atoms with van der Waals surface area (Å²) in [4.78, 5) is 37.3. The van der Waals surface area contributed by atoms with Gasteiger partial charge in [0.2, 0.25) is 0 Å². The Morgan fingerprint density at radius 2 is 1.74 bits per heavy atom. The molecule has 1 aromatic heterocycles. The normalized spacial score (nSPS) is 10.3. The SMILES string of the molecule is Cc1nc(C)c(CNC(=O)c2cc([N+](=O)[O-])cc([N+](=O)[O-])c2)s1. The van der Waals surface area contributed by atoms with Gasteiger partial charge in [0.05, 0.1) is 38.7 Å². The van der Waals surface area contributed by atoms with Crippen molar-refractivity contribution < 1.29 is 14.6 Å². The largest absolute Gasteiger partial charge is 0.347 e. The molecule has 0 aliphatic carbocycles. The minimum absolute atomic E-state index is 0.134. The van der Waals surface area contributed by atoms with Crippen molar-refractivity contribution in [2.45, 2.75) is 20.4 Å². The Balaban J connectivity index is 2.22. The molecule has 0 fully saturated rings. The Labute approximate surface area is 134 Å². The Hall–Kier alpha value is -2.88. The lowest BCUT2D eigenvalue weighted by Gasteiger charge is -2.04. The third kappa shape index (κ3) is 3.86. The van der Waals surface area contributed by atoms with Gasteiger partial charge in [-0.1, -0.05) is 0 Å². The lowest BCUT2D eigenvalue weighted by molar-refractivity contribution is -0.394. The van der Waals surface area contributed by atoms with Crippen LogP contribution < -0.4 is 5.32 Å². The van der Waals surface area contributed by atoms with Gasteiger partial charge in [0.15, 0.2) is 0 Å². The summed E-state index contributed by atoms with van der Waals surface area (Å²) in [6.07, 6.45) is 0. The molecule has 1 N–H and O–H groups in total. The first-order valence-electron chi connectivity index (χ1n) is 6.43. The first-order chi connectivity index (χ1) is 10.8. The highest BCUT2D eigenvalue weighted by atomic mass is 32.1. The number of nitro benzene ring substituents is 2. The van der Waals surface area contributed by atoms with Crippen LogP contribution in [0.25, 0.3) is 0 Å². The highest BCUT2D eigenvalue weighted by Crippen LogP contribution is 2.23. The van der Waals surface area contributed by atoms with Gasteiger partial charge in [0.1, 0.15) is 0 Å². The van der Waals surface area contributed by atoms with Crippen LogP contribution in [0, 0.1) is 34.1 Å². The maximum atomic E-state index is 12.1. The molecule has 0 aliphatic rings. The number of thiazole rings is 1. The fourth-order valence-corrected chi connectivity index (χ4v) is 2.81. The number of nitro groups is 2. The molecule has 1 aromatic carbocycles. The van der Waals surface area contributed by atoms with Crippen LogP contribution in [0.3, 0.4) is 0 Å². The summed E-state index contributed by atoms with van der Waals surface area (Å²) >= 11 is 1.43. The fourth-order valence-electron chi connectivity index (χ4n) is 1.94. The van der Waals surface area contributed by atoms with E-state index in [1.807, 2.05) is 13.8 Å². The number of hydrogen-bond acceptors (Lipinski definition) is 7. The van der Waals surface area contributed by atoms with Crippen LogP contribution in [0.5, 0.6) is 0 Å². The lowest BCUT2D eigenvalue weighted by Crippen LogP contribution is -2.22. The van der Waals surface area contributed by atoms with Crippen molar-refractivity contribution >= 4 is 28.6 Å². The number of benzene rings is 1. The van der Waals surface area contributed by atoms with Crippen molar-refractivity contribution in [1.82, 2.24) is 10.3 Å². The van der Waals surface area contributed by atoms with E-state index in [0.717, 1.165) is 33.8 Å². The zero-order chi connectivity index (χ0) is 17.1. The second-order valence-corrected chi connectivity index (χ2v) is 5.96. The molecule has 1 amide bonds. The van der Waals surface area contributed by atoms with Crippen molar-refractivity contribution in [3.63, 3.8) is 0 Å². The number of nitrogens with one attached hydrogen (secondary N) is 1. The van der Waals surface area contributed by atoms with Crippen LogP contribution in [0.2, 0.25) is 0 Å². The van der Waals surface area contributed by atoms with E-state index in [9.17, 15) is 25.0 Å². The van der Waals surface area contributed by atoms with Gasteiger partial charge in [0, 0.05) is 17.0 Å². The summed E-state index contributed by atoms with van der Waals surface area (Å²) in [6, 6.07) is 2.83. The summed E-state index contributed by atoms with van der Waals surface area (Å²) in [6.45, 7) is 3.85. The Bertz CT molecular complexity index is 769. The Kier molecular flexibility index (Phi) is 4.65. The second kappa shape index (κ2) is 6.48. The molecule has 0 saturated carbocycles. The molecule has 0 bridgehead atoms. The molecule has 0 atom stereocenters. The second-order valence-electron chi connectivity index (χ2n) is 4.68. The van der Waals surface area contributed by atoms with E-state index in [2.05, 4.69) is 10.3 Å². The summed E-state index contributed by atoms with van der Waals surface area (Å²) in [5.74, 6) is -0.623. The average molecular weight is 336 g/mol. The van der Waals surface area contributed by atoms with Gasteiger partial charge in [0.25, 0.3) is 17.3 Å². The van der Waals surface area contributed by atoms with E-state index >= 15 is 0 Å². The fraction of sp³-hybridized carbons (Fsp3) is 0.231. The minimum atomic E-state index is -0.777. The summed E-state index contributed by atoms with van der Waals surface area (Å²) < 4.78 is 0. The summed E-state index contributed by atoms with van der Waals surface area (Å²) in [5.41, 5.74) is -0.356. The standard InChI is InChI=1S/C13H12N4O5S/c1-7-12(23-8(2)15-7)6-14-13(18)9-3-10(16(19)20)5-11(4-9)17(21)22/h3-5H,6H2,1-2H3,(H,14,18). The van der Waals surface area contributed by atoms with Crippen molar-refractivity contribution in [3.05, 3.63) is 59.6 Å². The van der Waals surface area contributed by atoms with Gasteiger partial charge in [-0.3, -0.25) is 25.0 Å². The number of carbonyl (C=O) groups excluding carboxylic acids is 1. The van der Waals surface area contributed by atoms with Crippen molar-refractivity contribution in [2.24, 2.45) is 0 Å². The van der Waals surface area contributed by atoms with E-state index in [0.29, 0.717) is 0 Å². The van der Waals surface area contributed by atoms with Gasteiger partial charge >= 0.3 is 0 Å². The maximum Gasteiger partial charge on any atom is 0.277 e. The summed E-state index contributed by atoms with van der Waals surface area (Å²) in [7, 11) is 0. The van der Waals surface area contributed by atoms with E-state index in [1.165, 1.54) is 11.3 Å². The zero-order valence-electron chi connectivity index (χ0n) is 12.2. The molecule has 0 unspecified atom stereocenters. The number of carbonyl (C=O) groups is 1. The molecule has 2 rings (SSSR count). The molecule has 10 heteroatoms. The number of hydrogen-bond donors (Lipinski definition) is 1. The van der Waals surface area contributed by atoms with Crippen LogP contribution in [-0.4, -0.2) is 20.7 Å². The van der Waals surface area contributed by atoms with Crippen molar-refractivity contribution in [3.8, 4) is 0 Å². The Morgan fingerprint density at radius 1 is 1.17 bits per heavy atom. The molecule has 23 heavy (non-hydrogen) atoms. The summed E-state index contributed by atoms with van der Waals surface area (Å²) in [5, 5.41) is 25.1. The lowest BCUT2D eigenvalue weighted by atomic mass is 10.1. The molecule has 0 saturated heterocycles. The topological polar surface area (TPSA) is 128 Å². The van der Waals surface area contributed by atoms with Crippen molar-refractivity contribution in [1.29, 1.82) is 0 Å². The highest BCUT2D eigenvalue weighted by Gasteiger charge is 2.20. The third-order valence-corrected chi connectivity index (χ3v) is 4.07. The molecule has 0 spiro atoms. The number of nitrogens with zero attached hydrogens (tertiary/aromatic N) is 3. The first-order valence-corrected chi connectivity index (χ1v) is 7.24. The smallest absolute Gasteiger partial charge is 0.277 e. The number of aryl methyl sites for hydroxylation is 2. The highest BCUT2D eigenvalue weighted by molar-refractivity contribution is 7.11. The van der Waals surface area contributed by atoms with Gasteiger partial charge < -0.3 is 5.32 Å². The quantitative estimate of drug-likeness (QED) is 0.660. The first kappa shape index (κ1) is 16.5. The average Bonchev–Trinajstić information content (AvgIpc) is 2.82. The van der Waals surface area contributed by atoms with E-state index < -0.39 is 27.1 Å². The number of rotatable bonds is 5. The number of non-ortho nitro benzene ring substituents is 2. The molecule has 0 radical (unpaired) electrons. The van der Waals surface area contributed by atoms with E-state index in [-0.39, 0.29) is 12.1 Å². The molecular formula is C13H12N4O5S. The molecule has 120 valence electrons. The zero-order valence-corrected chi connectivity index (χ0v) is 13.0. The van der Waals surface area contributed by atoms with Gasteiger partial charge in [-0.25, -0.2) is 4.98 Å². The maximum absolute atomic E-state index is 12.1.